The summed E-state index contributed by atoms with van der Waals surface area (Å²) in [6.07, 6.45) is -15.7. The molecule has 0 unspecified atom stereocenters. The van der Waals surface area contributed by atoms with E-state index in [1.165, 1.54) is 0 Å². The number of halogens is 9. The molecule has 0 aliphatic heterocycles. The van der Waals surface area contributed by atoms with Crippen LogP contribution in [0.15, 0.2) is 36.4 Å². The number of urea groups is 1. The van der Waals surface area contributed by atoms with Gasteiger partial charge in [-0.15, -0.1) is 0 Å². The Balaban J connectivity index is 2.91. The molecule has 12 heteroatoms. The number of primary amides is 1. The third-order valence-corrected chi connectivity index (χ3v) is 3.50. The van der Waals surface area contributed by atoms with E-state index in [2.05, 4.69) is 0 Å². The SMILES string of the molecule is NC(=O)Nc1cccc(C(F)(F)F)c1-c1cc(C(F)(F)F)cc(C(F)(F)F)c1. The average molecular weight is 416 g/mol. The first-order valence-corrected chi connectivity index (χ1v) is 7.17. The number of anilines is 1. The molecule has 0 atom stereocenters. The number of benzene rings is 2. The van der Waals surface area contributed by atoms with Gasteiger partial charge in [0.2, 0.25) is 0 Å². The molecule has 28 heavy (non-hydrogen) atoms. The minimum atomic E-state index is -5.26. The third kappa shape index (κ3) is 4.67. The summed E-state index contributed by atoms with van der Waals surface area (Å²) in [7, 11) is 0. The summed E-state index contributed by atoms with van der Waals surface area (Å²) >= 11 is 0. The van der Waals surface area contributed by atoms with E-state index in [4.69, 9.17) is 5.73 Å². The quantitative estimate of drug-likeness (QED) is 0.589. The van der Waals surface area contributed by atoms with Gasteiger partial charge in [0.05, 0.1) is 22.4 Å². The molecule has 0 aliphatic carbocycles. The second-order valence-corrected chi connectivity index (χ2v) is 5.51. The van der Waals surface area contributed by atoms with Crippen LogP contribution in [0.4, 0.5) is 50.0 Å². The van der Waals surface area contributed by atoms with Crippen molar-refractivity contribution in [3.05, 3.63) is 53.1 Å². The van der Waals surface area contributed by atoms with Crippen LogP contribution in [0, 0.1) is 0 Å². The van der Waals surface area contributed by atoms with Crippen LogP contribution in [-0.4, -0.2) is 6.03 Å². The zero-order chi connectivity index (χ0) is 21.5. The molecule has 2 aromatic carbocycles. The van der Waals surface area contributed by atoms with Crippen LogP contribution in [0.25, 0.3) is 11.1 Å². The van der Waals surface area contributed by atoms with Crippen molar-refractivity contribution in [3.63, 3.8) is 0 Å². The largest absolute Gasteiger partial charge is 0.417 e. The van der Waals surface area contributed by atoms with Crippen molar-refractivity contribution in [3.8, 4) is 11.1 Å². The van der Waals surface area contributed by atoms with Gasteiger partial charge in [0.1, 0.15) is 0 Å². The molecule has 0 saturated heterocycles. The summed E-state index contributed by atoms with van der Waals surface area (Å²) in [5.41, 5.74) is -3.14. The Morgan fingerprint density at radius 3 is 1.68 bits per heavy atom. The molecule has 0 aliphatic rings. The molecule has 0 heterocycles. The van der Waals surface area contributed by atoms with Gasteiger partial charge in [-0.25, -0.2) is 4.79 Å². The van der Waals surface area contributed by atoms with Crippen molar-refractivity contribution >= 4 is 11.7 Å². The topological polar surface area (TPSA) is 55.1 Å². The Kier molecular flexibility index (Phi) is 5.28. The molecule has 2 amide bonds. The van der Waals surface area contributed by atoms with Crippen LogP contribution in [0.1, 0.15) is 16.7 Å². The van der Waals surface area contributed by atoms with E-state index in [-0.39, 0.29) is 18.2 Å². The van der Waals surface area contributed by atoms with Crippen molar-refractivity contribution in [2.24, 2.45) is 5.73 Å². The Bertz CT molecular complexity index is 866. The highest BCUT2D eigenvalue weighted by Crippen LogP contribution is 2.44. The first kappa shape index (κ1) is 21.4. The van der Waals surface area contributed by atoms with Crippen LogP contribution in [0.2, 0.25) is 0 Å². The molecule has 2 rings (SSSR count). The molecule has 2 aromatic rings. The van der Waals surface area contributed by atoms with Gasteiger partial charge in [0.15, 0.2) is 0 Å². The first-order valence-electron chi connectivity index (χ1n) is 7.17. The number of amides is 2. The van der Waals surface area contributed by atoms with Gasteiger partial charge < -0.3 is 11.1 Å². The first-order chi connectivity index (χ1) is 12.6. The second-order valence-electron chi connectivity index (χ2n) is 5.51. The number of carbonyl (C=O) groups excluding carboxylic acids is 1. The monoisotopic (exact) mass is 416 g/mol. The van der Waals surface area contributed by atoms with E-state index in [1.54, 1.807) is 5.32 Å². The van der Waals surface area contributed by atoms with Crippen molar-refractivity contribution in [1.82, 2.24) is 0 Å². The van der Waals surface area contributed by atoms with Crippen molar-refractivity contribution in [2.45, 2.75) is 18.5 Å². The number of nitrogens with one attached hydrogen (secondary N) is 1. The van der Waals surface area contributed by atoms with E-state index in [9.17, 15) is 44.3 Å². The number of hydrogen-bond donors (Lipinski definition) is 2. The molecule has 0 radical (unpaired) electrons. The maximum absolute atomic E-state index is 13.3. The lowest BCUT2D eigenvalue weighted by Crippen LogP contribution is -2.21. The van der Waals surface area contributed by atoms with Gasteiger partial charge in [-0.1, -0.05) is 6.07 Å². The van der Waals surface area contributed by atoms with Crippen LogP contribution in [0.3, 0.4) is 0 Å². The fourth-order valence-electron chi connectivity index (χ4n) is 2.44. The Morgan fingerprint density at radius 1 is 0.786 bits per heavy atom. The van der Waals surface area contributed by atoms with Crippen LogP contribution in [0.5, 0.6) is 0 Å². The molecule has 0 fully saturated rings. The number of hydrogen-bond acceptors (Lipinski definition) is 1. The maximum atomic E-state index is 13.3. The lowest BCUT2D eigenvalue weighted by Gasteiger charge is -2.20. The molecule has 3 nitrogen and oxygen atoms in total. The van der Waals surface area contributed by atoms with Crippen molar-refractivity contribution < 1.29 is 44.3 Å². The van der Waals surface area contributed by atoms with E-state index in [0.29, 0.717) is 6.07 Å². The Morgan fingerprint density at radius 2 is 1.29 bits per heavy atom. The number of carbonyl (C=O) groups is 1. The van der Waals surface area contributed by atoms with E-state index in [0.717, 1.165) is 12.1 Å². The Labute approximate surface area is 150 Å². The lowest BCUT2D eigenvalue weighted by atomic mass is 9.93. The molecular weight excluding hydrogens is 407 g/mol. The summed E-state index contributed by atoms with van der Waals surface area (Å²) in [6.45, 7) is 0. The van der Waals surface area contributed by atoms with E-state index < -0.39 is 58.1 Å². The van der Waals surface area contributed by atoms with Gasteiger partial charge in [-0.3, -0.25) is 0 Å². The third-order valence-electron chi connectivity index (χ3n) is 3.50. The van der Waals surface area contributed by atoms with Gasteiger partial charge in [0.25, 0.3) is 0 Å². The molecule has 152 valence electrons. The highest BCUT2D eigenvalue weighted by Gasteiger charge is 2.39. The standard InChI is InChI=1S/C16H9F9N2O/c17-14(18,19)8-4-7(5-9(6-8)15(20,21)22)12-10(16(23,24)25)2-1-3-11(12)27-13(26)28/h1-6H,(H3,26,27,28). The highest BCUT2D eigenvalue weighted by molar-refractivity contribution is 5.94. The predicted octanol–water partition coefficient (Wildman–Crippen LogP) is 5.90. The number of rotatable bonds is 2. The fourth-order valence-corrected chi connectivity index (χ4v) is 2.44. The summed E-state index contributed by atoms with van der Waals surface area (Å²) in [5.74, 6) is 0. The van der Waals surface area contributed by atoms with Crippen LogP contribution >= 0.6 is 0 Å². The number of alkyl halides is 9. The molecule has 0 spiro atoms. The fraction of sp³-hybridized carbons (Fsp3) is 0.188. The summed E-state index contributed by atoms with van der Waals surface area (Å²) < 4.78 is 118. The molecule has 3 N–H and O–H groups in total. The molecule has 0 saturated carbocycles. The minimum absolute atomic E-state index is 0.131. The van der Waals surface area contributed by atoms with Gasteiger partial charge in [-0.2, -0.15) is 39.5 Å². The van der Waals surface area contributed by atoms with E-state index in [1.807, 2.05) is 0 Å². The van der Waals surface area contributed by atoms with Crippen molar-refractivity contribution in [1.29, 1.82) is 0 Å². The zero-order valence-electron chi connectivity index (χ0n) is 13.4. The second kappa shape index (κ2) is 6.91. The van der Waals surface area contributed by atoms with Crippen LogP contribution in [-0.2, 0) is 18.5 Å². The van der Waals surface area contributed by atoms with Crippen molar-refractivity contribution in [2.75, 3.05) is 5.32 Å². The minimum Gasteiger partial charge on any atom is -0.351 e. The maximum Gasteiger partial charge on any atom is 0.417 e. The molecular formula is C16H9F9N2O. The van der Waals surface area contributed by atoms with Gasteiger partial charge in [0, 0.05) is 5.56 Å². The lowest BCUT2D eigenvalue weighted by molar-refractivity contribution is -0.143. The summed E-state index contributed by atoms with van der Waals surface area (Å²) in [6, 6.07) is 0.815. The zero-order valence-corrected chi connectivity index (χ0v) is 13.4. The normalized spacial score (nSPS) is 12.8. The molecule has 0 aromatic heterocycles. The molecule has 0 bridgehead atoms. The van der Waals surface area contributed by atoms with Gasteiger partial charge >= 0.3 is 24.6 Å². The average Bonchev–Trinajstić information content (AvgIpc) is 2.51. The van der Waals surface area contributed by atoms with Gasteiger partial charge in [-0.05, 0) is 35.9 Å². The predicted molar refractivity (Wildman–Crippen MR) is 80.1 cm³/mol. The summed E-state index contributed by atoms with van der Waals surface area (Å²) in [5, 5.41) is 1.78. The Hall–Kier alpha value is -2.92. The highest BCUT2D eigenvalue weighted by atomic mass is 19.4. The van der Waals surface area contributed by atoms with E-state index >= 15 is 0 Å². The van der Waals surface area contributed by atoms with Crippen LogP contribution < -0.4 is 11.1 Å². The summed E-state index contributed by atoms with van der Waals surface area (Å²) in [4.78, 5) is 11.0. The smallest absolute Gasteiger partial charge is 0.351 e. The number of nitrogens with two attached hydrogens (primary N) is 1.